The van der Waals surface area contributed by atoms with Gasteiger partial charge in [0, 0.05) is 37.1 Å². The van der Waals surface area contributed by atoms with Crippen molar-refractivity contribution in [2.75, 3.05) is 42.3 Å². The monoisotopic (exact) mass is 484 g/mol. The zero-order valence-electron chi connectivity index (χ0n) is 19.5. The van der Waals surface area contributed by atoms with E-state index in [2.05, 4.69) is 42.4 Å². The highest BCUT2D eigenvalue weighted by Gasteiger charge is 2.26. The summed E-state index contributed by atoms with van der Waals surface area (Å²) in [6.45, 7) is 5.28. The third-order valence-electron chi connectivity index (χ3n) is 5.84. The van der Waals surface area contributed by atoms with E-state index >= 15 is 0 Å². The molecule has 4 aromatic rings. The second-order valence-electron chi connectivity index (χ2n) is 8.41. The van der Waals surface area contributed by atoms with E-state index in [1.165, 1.54) is 6.08 Å². The molecule has 10 heteroatoms. The summed E-state index contributed by atoms with van der Waals surface area (Å²) < 4.78 is 12.4. The van der Waals surface area contributed by atoms with Crippen molar-refractivity contribution in [2.24, 2.45) is 0 Å². The Bertz CT molecular complexity index is 1390. The molecule has 1 amide bonds. The van der Waals surface area contributed by atoms with Gasteiger partial charge >= 0.3 is 0 Å². The van der Waals surface area contributed by atoms with Crippen molar-refractivity contribution in [1.82, 2.24) is 24.8 Å². The number of anilines is 4. The van der Waals surface area contributed by atoms with E-state index in [0.29, 0.717) is 29.2 Å². The minimum Gasteiger partial charge on any atom is -0.365 e. The molecule has 0 radical (unpaired) electrons. The molecule has 0 unspecified atom stereocenters. The number of halogens is 1. The number of likely N-dealkylation sites (tertiary alicyclic amines) is 1. The molecule has 182 valence electrons. The first kappa shape index (κ1) is 23.3. The average molecular weight is 485 g/mol. The topological polar surface area (TPSA) is 108 Å². The number of amides is 1. The molecule has 1 saturated heterocycles. The van der Waals surface area contributed by atoms with Crippen LogP contribution in [-0.2, 0) is 4.79 Å². The number of alkyl halides is 1. The molecule has 1 aliphatic rings. The largest absolute Gasteiger partial charge is 0.365 e. The summed E-state index contributed by atoms with van der Waals surface area (Å²) in [5, 5.41) is 9.33. The smallest absolute Gasteiger partial charge is 0.247 e. The van der Waals surface area contributed by atoms with Crippen molar-refractivity contribution < 1.29 is 9.18 Å². The van der Waals surface area contributed by atoms with E-state index in [1.54, 1.807) is 18.6 Å². The summed E-state index contributed by atoms with van der Waals surface area (Å²) in [7, 11) is 0. The molecule has 9 nitrogen and oxygen atoms in total. The normalized spacial score (nSPS) is 13.7. The number of hydrogen-bond donors (Lipinski definition) is 3. The maximum atomic E-state index is 12.4. The van der Waals surface area contributed by atoms with Crippen LogP contribution in [0.2, 0.25) is 0 Å². The first-order chi connectivity index (χ1) is 17.6. The van der Waals surface area contributed by atoms with E-state index in [9.17, 15) is 9.18 Å². The Morgan fingerprint density at radius 3 is 2.78 bits per heavy atom. The summed E-state index contributed by atoms with van der Waals surface area (Å²) in [5.41, 5.74) is 4.47. The number of aromatic nitrogens is 4. The van der Waals surface area contributed by atoms with Gasteiger partial charge in [-0.3, -0.25) is 14.7 Å². The van der Waals surface area contributed by atoms with Gasteiger partial charge in [0.15, 0.2) is 0 Å². The summed E-state index contributed by atoms with van der Waals surface area (Å²) >= 11 is 0. The fourth-order valence-corrected chi connectivity index (χ4v) is 4.04. The van der Waals surface area contributed by atoms with Gasteiger partial charge in [-0.1, -0.05) is 18.7 Å². The molecule has 36 heavy (non-hydrogen) atoms. The van der Waals surface area contributed by atoms with E-state index in [1.807, 2.05) is 42.5 Å². The highest BCUT2D eigenvalue weighted by atomic mass is 19.1. The Hall–Kier alpha value is -4.44. The van der Waals surface area contributed by atoms with Gasteiger partial charge in [0.2, 0.25) is 11.9 Å². The van der Waals surface area contributed by atoms with Crippen LogP contribution in [0.3, 0.4) is 0 Å². The molecule has 3 N–H and O–H groups in total. The standard InChI is InChI=1S/C26H25FN8O/c1-2-24(36)32-18-5-3-4-17(12-18)21-8-10-28-22-14-30-26(34-25(21)22)33-19-6-7-23(29-13-19)31-20-15-35(16-20)11-9-27/h2-8,10,12-14,20H,1,9,11,15-16H2,(H,29,31)(H,32,36)(H,30,33,34). The predicted molar refractivity (Wildman–Crippen MR) is 139 cm³/mol. The Morgan fingerprint density at radius 1 is 1.11 bits per heavy atom. The van der Waals surface area contributed by atoms with Crippen molar-refractivity contribution in [3.05, 3.63) is 73.7 Å². The second kappa shape index (κ2) is 10.4. The second-order valence-corrected chi connectivity index (χ2v) is 8.41. The van der Waals surface area contributed by atoms with Gasteiger partial charge in [-0.2, -0.15) is 0 Å². The summed E-state index contributed by atoms with van der Waals surface area (Å²) in [4.78, 5) is 31.7. The van der Waals surface area contributed by atoms with Crippen molar-refractivity contribution in [3.63, 3.8) is 0 Å². The number of carbonyl (C=O) groups excluding carboxylic acids is 1. The van der Waals surface area contributed by atoms with Crippen LogP contribution in [-0.4, -0.2) is 63.1 Å². The van der Waals surface area contributed by atoms with Crippen LogP contribution in [0.25, 0.3) is 22.2 Å². The maximum absolute atomic E-state index is 12.4. The molecule has 0 bridgehead atoms. The number of carbonyl (C=O) groups is 1. The molecule has 0 aliphatic carbocycles. The molecule has 1 aromatic carbocycles. The zero-order valence-corrected chi connectivity index (χ0v) is 19.5. The minimum absolute atomic E-state index is 0.276. The molecule has 3 aromatic heterocycles. The lowest BCUT2D eigenvalue weighted by Gasteiger charge is -2.39. The van der Waals surface area contributed by atoms with Crippen LogP contribution < -0.4 is 16.0 Å². The van der Waals surface area contributed by atoms with Gasteiger partial charge in [-0.25, -0.2) is 19.3 Å². The Morgan fingerprint density at radius 2 is 2.00 bits per heavy atom. The molecule has 1 fully saturated rings. The lowest BCUT2D eigenvalue weighted by molar-refractivity contribution is -0.111. The van der Waals surface area contributed by atoms with E-state index < -0.39 is 0 Å². The third-order valence-corrected chi connectivity index (χ3v) is 5.84. The number of nitrogens with zero attached hydrogens (tertiary/aromatic N) is 5. The van der Waals surface area contributed by atoms with Crippen molar-refractivity contribution in [1.29, 1.82) is 0 Å². The van der Waals surface area contributed by atoms with Crippen molar-refractivity contribution in [3.8, 4) is 11.1 Å². The fraction of sp³-hybridized carbons (Fsp3) is 0.192. The number of pyridine rings is 2. The van der Waals surface area contributed by atoms with Gasteiger partial charge < -0.3 is 16.0 Å². The Labute approximate surface area is 207 Å². The lowest BCUT2D eigenvalue weighted by Crippen LogP contribution is -2.55. The number of benzene rings is 1. The minimum atomic E-state index is -0.319. The summed E-state index contributed by atoms with van der Waals surface area (Å²) in [6.07, 6.45) is 6.31. The Kier molecular flexibility index (Phi) is 6.76. The van der Waals surface area contributed by atoms with Gasteiger partial charge in [-0.15, -0.1) is 0 Å². The number of fused-ring (bicyclic) bond motifs is 1. The van der Waals surface area contributed by atoms with E-state index in [0.717, 1.165) is 35.7 Å². The van der Waals surface area contributed by atoms with Gasteiger partial charge in [0.05, 0.1) is 24.1 Å². The molecule has 0 spiro atoms. The van der Waals surface area contributed by atoms with Crippen LogP contribution in [0.4, 0.5) is 27.5 Å². The molecule has 4 heterocycles. The van der Waals surface area contributed by atoms with E-state index in [4.69, 9.17) is 4.98 Å². The number of rotatable bonds is 9. The maximum Gasteiger partial charge on any atom is 0.247 e. The predicted octanol–water partition coefficient (Wildman–Crippen LogP) is 4.02. The first-order valence-electron chi connectivity index (χ1n) is 11.5. The van der Waals surface area contributed by atoms with Gasteiger partial charge in [0.25, 0.3) is 0 Å². The first-order valence-corrected chi connectivity index (χ1v) is 11.5. The van der Waals surface area contributed by atoms with Crippen LogP contribution >= 0.6 is 0 Å². The zero-order chi connectivity index (χ0) is 24.9. The summed E-state index contributed by atoms with van der Waals surface area (Å²) in [5.74, 6) is 0.901. The molecule has 0 saturated carbocycles. The van der Waals surface area contributed by atoms with Crippen LogP contribution in [0.5, 0.6) is 0 Å². The molecular weight excluding hydrogens is 459 g/mol. The van der Waals surface area contributed by atoms with Crippen molar-refractivity contribution in [2.45, 2.75) is 6.04 Å². The molecule has 0 atom stereocenters. The highest BCUT2D eigenvalue weighted by Crippen LogP contribution is 2.29. The van der Waals surface area contributed by atoms with Gasteiger partial charge in [-0.05, 0) is 42.0 Å². The van der Waals surface area contributed by atoms with Crippen LogP contribution in [0, 0.1) is 0 Å². The molecular formula is C26H25FN8O. The number of nitrogens with one attached hydrogen (secondary N) is 3. The SMILES string of the molecule is C=CC(=O)Nc1cccc(-c2ccnc3cnc(Nc4ccc(NC5CN(CCF)C5)nc4)nc23)c1. The van der Waals surface area contributed by atoms with Crippen LogP contribution in [0.15, 0.2) is 73.7 Å². The Balaban J connectivity index is 1.32. The van der Waals surface area contributed by atoms with E-state index in [-0.39, 0.29) is 18.6 Å². The average Bonchev–Trinajstić information content (AvgIpc) is 2.88. The fourth-order valence-electron chi connectivity index (χ4n) is 4.04. The third kappa shape index (κ3) is 5.28. The summed E-state index contributed by atoms with van der Waals surface area (Å²) in [6, 6.07) is 13.4. The molecule has 5 rings (SSSR count). The van der Waals surface area contributed by atoms with Crippen molar-refractivity contribution >= 4 is 40.1 Å². The van der Waals surface area contributed by atoms with Gasteiger partial charge in [0.1, 0.15) is 23.5 Å². The quantitative estimate of drug-likeness (QED) is 0.306. The van der Waals surface area contributed by atoms with Crippen LogP contribution in [0.1, 0.15) is 0 Å². The lowest BCUT2D eigenvalue weighted by atomic mass is 10.0. The number of hydrogen-bond acceptors (Lipinski definition) is 8. The highest BCUT2D eigenvalue weighted by molar-refractivity contribution is 6.00. The molecule has 1 aliphatic heterocycles.